The summed E-state index contributed by atoms with van der Waals surface area (Å²) in [5.41, 5.74) is 0.894. The lowest BCUT2D eigenvalue weighted by Crippen LogP contribution is -2.15. The molecular formula is C13H15FN2O3S. The van der Waals surface area contributed by atoms with Crippen molar-refractivity contribution in [3.05, 3.63) is 24.0 Å². The monoisotopic (exact) mass is 298 g/mol. The molecule has 1 unspecified atom stereocenters. The van der Waals surface area contributed by atoms with Gasteiger partial charge in [0, 0.05) is 7.11 Å². The number of fused-ring (bicyclic) bond motifs is 1. The van der Waals surface area contributed by atoms with Gasteiger partial charge in [0.2, 0.25) is 0 Å². The summed E-state index contributed by atoms with van der Waals surface area (Å²) in [7, 11) is 1.59. The van der Waals surface area contributed by atoms with E-state index in [9.17, 15) is 9.18 Å². The number of hydrogen-bond acceptors (Lipinski definition) is 4. The van der Waals surface area contributed by atoms with Crippen LogP contribution in [-0.4, -0.2) is 39.6 Å². The zero-order valence-electron chi connectivity index (χ0n) is 11.2. The van der Waals surface area contributed by atoms with Crippen molar-refractivity contribution in [2.75, 3.05) is 12.9 Å². The molecule has 0 radical (unpaired) electrons. The Bertz CT molecular complexity index is 629. The fraction of sp³-hybridized carbons (Fsp3) is 0.385. The first-order valence-corrected chi connectivity index (χ1v) is 7.03. The van der Waals surface area contributed by atoms with Crippen LogP contribution in [0.2, 0.25) is 0 Å². The number of hydrogen-bond donors (Lipinski definition) is 1. The van der Waals surface area contributed by atoms with Crippen LogP contribution in [0, 0.1) is 5.82 Å². The van der Waals surface area contributed by atoms with Gasteiger partial charge in [0.1, 0.15) is 5.52 Å². The van der Waals surface area contributed by atoms with E-state index in [-0.39, 0.29) is 17.4 Å². The molecule has 1 heterocycles. The first kappa shape index (κ1) is 14.8. The second-order valence-corrected chi connectivity index (χ2v) is 5.28. The van der Waals surface area contributed by atoms with Crippen LogP contribution in [0.4, 0.5) is 4.39 Å². The van der Waals surface area contributed by atoms with Crippen LogP contribution in [-0.2, 0) is 16.1 Å². The lowest BCUT2D eigenvalue weighted by molar-refractivity contribution is -0.133. The van der Waals surface area contributed by atoms with Crippen LogP contribution in [0.1, 0.15) is 6.92 Å². The summed E-state index contributed by atoms with van der Waals surface area (Å²) < 4.78 is 20.8. The Balaban J connectivity index is 2.45. The van der Waals surface area contributed by atoms with Gasteiger partial charge in [0.05, 0.1) is 23.9 Å². The number of aromatic nitrogens is 2. The number of para-hydroxylation sites is 1. The third-order valence-electron chi connectivity index (χ3n) is 2.86. The number of methoxy groups -OCH3 is 1. The number of nitrogens with zero attached hydrogens (tertiary/aromatic N) is 2. The van der Waals surface area contributed by atoms with Gasteiger partial charge in [-0.2, -0.15) is 0 Å². The minimum Gasteiger partial charge on any atom is -0.481 e. The molecule has 0 bridgehead atoms. The minimum absolute atomic E-state index is 0.0835. The van der Waals surface area contributed by atoms with Gasteiger partial charge in [0.25, 0.3) is 0 Å². The number of imidazole rings is 1. The molecule has 1 aromatic heterocycles. The summed E-state index contributed by atoms with van der Waals surface area (Å²) in [5.74, 6) is -1.47. The van der Waals surface area contributed by atoms with Crippen molar-refractivity contribution in [1.82, 2.24) is 9.55 Å². The van der Waals surface area contributed by atoms with E-state index >= 15 is 0 Å². The Hall–Kier alpha value is -1.60. The maximum atomic E-state index is 13.8. The first-order valence-electron chi connectivity index (χ1n) is 6.05. The van der Waals surface area contributed by atoms with Gasteiger partial charge in [-0.3, -0.25) is 4.79 Å². The van der Waals surface area contributed by atoms with Crippen LogP contribution in [0.15, 0.2) is 23.4 Å². The summed E-state index contributed by atoms with van der Waals surface area (Å²) >= 11 is 1.07. The maximum absolute atomic E-state index is 13.8. The normalized spacial score (nSPS) is 12.8. The van der Waals surface area contributed by atoms with E-state index < -0.39 is 11.8 Å². The van der Waals surface area contributed by atoms with Gasteiger partial charge in [-0.15, -0.1) is 0 Å². The van der Waals surface area contributed by atoms with Crippen LogP contribution >= 0.6 is 11.8 Å². The standard InChI is InChI=1S/C13H15FN2O3S/c1-8(19-2)6-16-10-5-3-4-9(14)12(10)15-13(16)20-7-11(17)18/h3-5,8H,6-7H2,1-2H3,(H,17,18). The van der Waals surface area contributed by atoms with Crippen LogP contribution < -0.4 is 0 Å². The van der Waals surface area contributed by atoms with E-state index in [0.29, 0.717) is 17.2 Å². The van der Waals surface area contributed by atoms with Crippen molar-refractivity contribution in [1.29, 1.82) is 0 Å². The molecule has 0 aliphatic carbocycles. The molecule has 7 heteroatoms. The molecular weight excluding hydrogens is 283 g/mol. The number of thioether (sulfide) groups is 1. The molecule has 1 atom stereocenters. The highest BCUT2D eigenvalue weighted by Crippen LogP contribution is 2.26. The molecule has 0 spiro atoms. The van der Waals surface area contributed by atoms with Gasteiger partial charge in [-0.25, -0.2) is 9.37 Å². The van der Waals surface area contributed by atoms with E-state index in [1.807, 2.05) is 6.92 Å². The van der Waals surface area contributed by atoms with Gasteiger partial charge >= 0.3 is 5.97 Å². The molecule has 1 N–H and O–H groups in total. The van der Waals surface area contributed by atoms with E-state index in [1.165, 1.54) is 6.07 Å². The number of aliphatic carboxylic acids is 1. The molecule has 20 heavy (non-hydrogen) atoms. The zero-order chi connectivity index (χ0) is 14.7. The average Bonchev–Trinajstić information content (AvgIpc) is 2.76. The van der Waals surface area contributed by atoms with Crippen LogP contribution in [0.25, 0.3) is 11.0 Å². The van der Waals surface area contributed by atoms with Crippen molar-refractivity contribution in [2.45, 2.75) is 24.7 Å². The molecule has 0 fully saturated rings. The first-order chi connectivity index (χ1) is 9.52. The highest BCUT2D eigenvalue weighted by atomic mass is 32.2. The Morgan fingerprint density at radius 1 is 1.60 bits per heavy atom. The lowest BCUT2D eigenvalue weighted by Gasteiger charge is -2.13. The summed E-state index contributed by atoms with van der Waals surface area (Å²) in [6.45, 7) is 2.37. The van der Waals surface area contributed by atoms with Crippen molar-refractivity contribution in [3.63, 3.8) is 0 Å². The molecule has 0 amide bonds. The van der Waals surface area contributed by atoms with E-state index in [2.05, 4.69) is 4.98 Å². The molecule has 0 saturated heterocycles. The lowest BCUT2D eigenvalue weighted by atomic mass is 10.3. The number of carbonyl (C=O) groups is 1. The fourth-order valence-corrected chi connectivity index (χ4v) is 2.57. The Kier molecular flexibility index (Phi) is 4.61. The zero-order valence-corrected chi connectivity index (χ0v) is 12.0. The third kappa shape index (κ3) is 3.10. The van der Waals surface area contributed by atoms with Crippen molar-refractivity contribution < 1.29 is 19.0 Å². The summed E-state index contributed by atoms with van der Waals surface area (Å²) in [6.07, 6.45) is -0.0835. The molecule has 1 aromatic carbocycles. The number of benzene rings is 1. The van der Waals surface area contributed by atoms with E-state index in [0.717, 1.165) is 11.8 Å². The van der Waals surface area contributed by atoms with Gasteiger partial charge in [-0.1, -0.05) is 17.8 Å². The average molecular weight is 298 g/mol. The molecule has 108 valence electrons. The highest BCUT2D eigenvalue weighted by Gasteiger charge is 2.16. The number of rotatable bonds is 6. The molecule has 2 rings (SSSR count). The third-order valence-corrected chi connectivity index (χ3v) is 3.82. The number of carboxylic acid groups (broad SMARTS) is 1. The molecule has 2 aromatic rings. The largest absolute Gasteiger partial charge is 0.481 e. The van der Waals surface area contributed by atoms with E-state index in [1.54, 1.807) is 23.8 Å². The number of carboxylic acids is 1. The second-order valence-electron chi connectivity index (χ2n) is 4.34. The number of halogens is 1. The SMILES string of the molecule is COC(C)Cn1c(SCC(=O)O)nc2c(F)cccc21. The van der Waals surface area contributed by atoms with Gasteiger partial charge < -0.3 is 14.4 Å². The molecule has 0 saturated carbocycles. The predicted octanol–water partition coefficient (Wildman–Crippen LogP) is 2.39. The molecule has 5 nitrogen and oxygen atoms in total. The van der Waals surface area contributed by atoms with Gasteiger partial charge in [-0.05, 0) is 19.1 Å². The van der Waals surface area contributed by atoms with Crippen LogP contribution in [0.3, 0.4) is 0 Å². The summed E-state index contributed by atoms with van der Waals surface area (Å²) in [6, 6.07) is 4.71. The molecule has 0 aliphatic rings. The second kappa shape index (κ2) is 6.23. The molecule has 0 aliphatic heterocycles. The van der Waals surface area contributed by atoms with Crippen molar-refractivity contribution in [3.8, 4) is 0 Å². The summed E-state index contributed by atoms with van der Waals surface area (Å²) in [4.78, 5) is 14.9. The topological polar surface area (TPSA) is 64.3 Å². The van der Waals surface area contributed by atoms with Crippen LogP contribution in [0.5, 0.6) is 0 Å². The fourth-order valence-electron chi connectivity index (χ4n) is 1.84. The summed E-state index contributed by atoms with van der Waals surface area (Å²) in [5, 5.41) is 9.25. The maximum Gasteiger partial charge on any atom is 0.313 e. The predicted molar refractivity (Wildman–Crippen MR) is 74.5 cm³/mol. The van der Waals surface area contributed by atoms with Gasteiger partial charge in [0.15, 0.2) is 11.0 Å². The minimum atomic E-state index is -0.936. The Morgan fingerprint density at radius 2 is 2.35 bits per heavy atom. The van der Waals surface area contributed by atoms with E-state index in [4.69, 9.17) is 9.84 Å². The Labute approximate surface area is 119 Å². The van der Waals surface area contributed by atoms with Crippen molar-refractivity contribution in [2.24, 2.45) is 0 Å². The number of ether oxygens (including phenoxy) is 1. The highest BCUT2D eigenvalue weighted by molar-refractivity contribution is 7.99. The Morgan fingerprint density at radius 3 is 3.00 bits per heavy atom. The smallest absolute Gasteiger partial charge is 0.313 e. The van der Waals surface area contributed by atoms with Crippen molar-refractivity contribution >= 4 is 28.8 Å². The quantitative estimate of drug-likeness (QED) is 0.830.